The van der Waals surface area contributed by atoms with Gasteiger partial charge in [-0.15, -0.1) is 0 Å². The molecule has 9 nitrogen and oxygen atoms in total. The summed E-state index contributed by atoms with van der Waals surface area (Å²) in [6.07, 6.45) is -0.731. The lowest BCUT2D eigenvalue weighted by atomic mass is 10.3. The summed E-state index contributed by atoms with van der Waals surface area (Å²) in [7, 11) is 0. The molecule has 1 fully saturated rings. The summed E-state index contributed by atoms with van der Waals surface area (Å²) >= 11 is 0. The quantitative estimate of drug-likeness (QED) is 0.581. The Bertz CT molecular complexity index is 945. The molecule has 202 valence electrons. The van der Waals surface area contributed by atoms with Crippen molar-refractivity contribution in [1.82, 2.24) is 19.4 Å². The minimum Gasteiger partial charge on any atom is -0.475 e. The number of aromatic nitrogens is 2. The molecule has 0 saturated carbocycles. The van der Waals surface area contributed by atoms with Crippen LogP contribution >= 0.6 is 0 Å². The fourth-order valence-electron chi connectivity index (χ4n) is 3.63. The molecule has 15 heteroatoms. The molecule has 0 aliphatic carbocycles. The van der Waals surface area contributed by atoms with Crippen LogP contribution in [-0.2, 0) is 35.6 Å². The molecule has 4 heterocycles. The molecule has 0 radical (unpaired) electrons. The summed E-state index contributed by atoms with van der Waals surface area (Å²) in [5.74, 6) is -4.26. The van der Waals surface area contributed by atoms with E-state index in [1.165, 1.54) is 43.0 Å². The van der Waals surface area contributed by atoms with Gasteiger partial charge in [-0.3, -0.25) is 9.80 Å². The normalized spacial score (nSPS) is 16.7. The van der Waals surface area contributed by atoms with Gasteiger partial charge in [-0.25, -0.2) is 14.6 Å². The van der Waals surface area contributed by atoms with Gasteiger partial charge in [0.05, 0.1) is 18.2 Å². The van der Waals surface area contributed by atoms with Crippen LogP contribution in [0.15, 0.2) is 29.2 Å². The number of nitrogens with zero attached hydrogens (tertiary/aromatic N) is 4. The maximum atomic E-state index is 10.6. The van der Waals surface area contributed by atoms with Gasteiger partial charge < -0.3 is 19.2 Å². The van der Waals surface area contributed by atoms with Crippen LogP contribution in [0.5, 0.6) is 0 Å². The molecule has 2 aliphatic rings. The second-order valence-corrected chi connectivity index (χ2v) is 8.06. The lowest BCUT2D eigenvalue weighted by molar-refractivity contribution is -0.193. The zero-order valence-corrected chi connectivity index (χ0v) is 19.1. The summed E-state index contributed by atoms with van der Waals surface area (Å²) < 4.78 is 71.1. The first kappa shape index (κ1) is 29.2. The van der Waals surface area contributed by atoms with Crippen LogP contribution in [-0.4, -0.2) is 80.0 Å². The summed E-state index contributed by atoms with van der Waals surface area (Å²) in [5.41, 5.74) is 2.65. The number of furan rings is 1. The van der Waals surface area contributed by atoms with Gasteiger partial charge >= 0.3 is 24.3 Å². The van der Waals surface area contributed by atoms with Crippen molar-refractivity contribution in [2.24, 2.45) is 0 Å². The highest BCUT2D eigenvalue weighted by atomic mass is 19.4. The van der Waals surface area contributed by atoms with Crippen molar-refractivity contribution in [2.75, 3.05) is 26.2 Å². The van der Waals surface area contributed by atoms with Crippen molar-refractivity contribution in [1.29, 1.82) is 0 Å². The summed E-state index contributed by atoms with van der Waals surface area (Å²) in [5, 5.41) is 14.2. The number of carboxylic acids is 2. The molecule has 0 atom stereocenters. The average Bonchev–Trinajstić information content (AvgIpc) is 3.51. The van der Waals surface area contributed by atoms with Gasteiger partial charge in [0.25, 0.3) is 0 Å². The standard InChI is InChI=1S/C17H24N4O.2C2HF3O2/c1-2-6-19(5-1)13-16-11-18-17-3-7-20(8-9-21(16)17)12-15-4-10-22-14-15;2*3-2(4,5)1(6)7/h4,10-11,14H,1-3,5-9,12-13H2;2*(H,6,7). The number of alkyl halides is 6. The van der Waals surface area contributed by atoms with Crippen LogP contribution in [0.4, 0.5) is 26.3 Å². The number of imidazole rings is 1. The molecule has 0 aromatic carbocycles. The molecule has 2 aromatic heterocycles. The Labute approximate surface area is 201 Å². The zero-order chi connectivity index (χ0) is 26.9. The van der Waals surface area contributed by atoms with Crippen LogP contribution in [0.2, 0.25) is 0 Å². The van der Waals surface area contributed by atoms with Crippen LogP contribution < -0.4 is 0 Å². The van der Waals surface area contributed by atoms with E-state index in [0.29, 0.717) is 0 Å². The second-order valence-electron chi connectivity index (χ2n) is 8.06. The van der Waals surface area contributed by atoms with E-state index in [9.17, 15) is 26.3 Å². The predicted octanol–water partition coefficient (Wildman–Crippen LogP) is 3.40. The van der Waals surface area contributed by atoms with Gasteiger partial charge in [-0.2, -0.15) is 26.3 Å². The molecule has 0 bridgehead atoms. The molecule has 36 heavy (non-hydrogen) atoms. The number of carboxylic acid groups (broad SMARTS) is 2. The molecule has 0 spiro atoms. The largest absolute Gasteiger partial charge is 0.490 e. The monoisotopic (exact) mass is 528 g/mol. The molecule has 2 aromatic rings. The number of aliphatic carboxylic acids is 2. The summed E-state index contributed by atoms with van der Waals surface area (Å²) in [6.45, 7) is 7.74. The van der Waals surface area contributed by atoms with Gasteiger partial charge in [0.15, 0.2) is 0 Å². The highest BCUT2D eigenvalue weighted by molar-refractivity contribution is 5.73. The third kappa shape index (κ3) is 9.53. The van der Waals surface area contributed by atoms with Crippen molar-refractivity contribution in [3.8, 4) is 0 Å². The zero-order valence-electron chi connectivity index (χ0n) is 19.1. The van der Waals surface area contributed by atoms with Crippen molar-refractivity contribution in [3.05, 3.63) is 41.9 Å². The molecular formula is C21H26F6N4O5. The molecule has 4 rings (SSSR count). The topological polar surface area (TPSA) is 112 Å². The van der Waals surface area contributed by atoms with Crippen LogP contribution in [0, 0.1) is 0 Å². The first-order chi connectivity index (χ1) is 16.8. The molecule has 2 N–H and O–H groups in total. The van der Waals surface area contributed by atoms with E-state index in [-0.39, 0.29) is 0 Å². The number of hydrogen-bond donors (Lipinski definition) is 2. The minimum absolute atomic E-state index is 0.975. The predicted molar refractivity (Wildman–Crippen MR) is 112 cm³/mol. The minimum atomic E-state index is -5.08. The number of likely N-dealkylation sites (tertiary alicyclic amines) is 1. The number of fused-ring (bicyclic) bond motifs is 1. The maximum Gasteiger partial charge on any atom is 0.490 e. The van der Waals surface area contributed by atoms with Gasteiger partial charge in [-0.1, -0.05) is 0 Å². The smallest absolute Gasteiger partial charge is 0.475 e. The Hall–Kier alpha value is -3.07. The Morgan fingerprint density at radius 2 is 1.44 bits per heavy atom. The molecule has 2 aliphatic heterocycles. The fourth-order valence-corrected chi connectivity index (χ4v) is 3.63. The van der Waals surface area contributed by atoms with E-state index in [1.54, 1.807) is 6.26 Å². The van der Waals surface area contributed by atoms with E-state index in [1.807, 2.05) is 6.26 Å². The first-order valence-corrected chi connectivity index (χ1v) is 10.9. The first-order valence-electron chi connectivity index (χ1n) is 10.9. The third-order valence-electron chi connectivity index (χ3n) is 5.37. The lowest BCUT2D eigenvalue weighted by Gasteiger charge is -2.19. The number of hydrogen-bond acceptors (Lipinski definition) is 6. The highest BCUT2D eigenvalue weighted by Gasteiger charge is 2.38. The summed E-state index contributed by atoms with van der Waals surface area (Å²) in [6, 6.07) is 2.06. The number of carbonyl (C=O) groups is 2. The lowest BCUT2D eigenvalue weighted by Crippen LogP contribution is -2.27. The van der Waals surface area contributed by atoms with Gasteiger partial charge in [0.1, 0.15) is 5.82 Å². The van der Waals surface area contributed by atoms with Crippen molar-refractivity contribution < 1.29 is 50.6 Å². The molecular weight excluding hydrogens is 502 g/mol. The third-order valence-corrected chi connectivity index (χ3v) is 5.37. The van der Waals surface area contributed by atoms with E-state index >= 15 is 0 Å². The van der Waals surface area contributed by atoms with E-state index in [2.05, 4.69) is 31.6 Å². The Morgan fingerprint density at radius 3 is 1.94 bits per heavy atom. The van der Waals surface area contributed by atoms with Crippen molar-refractivity contribution >= 4 is 11.9 Å². The Balaban J connectivity index is 0.000000271. The van der Waals surface area contributed by atoms with Crippen LogP contribution in [0.25, 0.3) is 0 Å². The summed E-state index contributed by atoms with van der Waals surface area (Å²) in [4.78, 5) is 27.5. The van der Waals surface area contributed by atoms with Crippen molar-refractivity contribution in [2.45, 2.75) is 51.2 Å². The second kappa shape index (κ2) is 12.8. The Kier molecular flexibility index (Phi) is 10.3. The fraction of sp³-hybridized carbons (Fsp3) is 0.571. The average molecular weight is 528 g/mol. The van der Waals surface area contributed by atoms with E-state index < -0.39 is 24.3 Å². The molecule has 0 amide bonds. The van der Waals surface area contributed by atoms with Gasteiger partial charge in [-0.05, 0) is 32.0 Å². The maximum absolute atomic E-state index is 10.6. The van der Waals surface area contributed by atoms with Gasteiger partial charge in [0, 0.05) is 50.9 Å². The SMILES string of the molecule is O=C(O)C(F)(F)F.O=C(O)C(F)(F)F.c1cc(CN2CCc3ncc(CN4CCCC4)n3CC2)co1. The van der Waals surface area contributed by atoms with E-state index in [4.69, 9.17) is 24.2 Å². The molecule has 0 unspecified atom stereocenters. The van der Waals surface area contributed by atoms with Gasteiger partial charge in [0.2, 0.25) is 0 Å². The highest BCUT2D eigenvalue weighted by Crippen LogP contribution is 2.18. The van der Waals surface area contributed by atoms with Crippen LogP contribution in [0.1, 0.15) is 29.9 Å². The Morgan fingerprint density at radius 1 is 0.889 bits per heavy atom. The van der Waals surface area contributed by atoms with Crippen molar-refractivity contribution in [3.63, 3.8) is 0 Å². The van der Waals surface area contributed by atoms with E-state index in [0.717, 1.165) is 39.1 Å². The number of halogens is 6. The van der Waals surface area contributed by atoms with Crippen LogP contribution in [0.3, 0.4) is 0 Å². The molecule has 1 saturated heterocycles. The number of rotatable bonds is 4.